The lowest BCUT2D eigenvalue weighted by Gasteiger charge is -2.39. The first-order valence-electron chi connectivity index (χ1n) is 8.71. The number of hydrogen-bond donors (Lipinski definition) is 0. The summed E-state index contributed by atoms with van der Waals surface area (Å²) in [5.41, 5.74) is 1.11. The van der Waals surface area contributed by atoms with E-state index in [9.17, 15) is 0 Å². The van der Waals surface area contributed by atoms with E-state index in [1.807, 2.05) is 24.3 Å². The average molecular weight is 328 g/mol. The SMILES string of the molecule is c1coc(CN2CCC[C@]3(C[C@H](OCc4ccncc4)CO3)C2)c1. The van der Waals surface area contributed by atoms with Gasteiger partial charge >= 0.3 is 0 Å². The second-order valence-corrected chi connectivity index (χ2v) is 6.88. The zero-order chi connectivity index (χ0) is 16.2. The molecule has 0 aromatic carbocycles. The first-order valence-corrected chi connectivity index (χ1v) is 8.71. The molecule has 2 saturated heterocycles. The predicted molar refractivity (Wildman–Crippen MR) is 89.3 cm³/mol. The van der Waals surface area contributed by atoms with Crippen LogP contribution in [0, 0.1) is 0 Å². The molecule has 4 rings (SSSR count). The monoisotopic (exact) mass is 328 g/mol. The van der Waals surface area contributed by atoms with Gasteiger partial charge in [-0.05, 0) is 49.2 Å². The summed E-state index contributed by atoms with van der Waals surface area (Å²) in [6.07, 6.45) is 8.80. The number of hydrogen-bond acceptors (Lipinski definition) is 5. The number of aromatic nitrogens is 1. The lowest BCUT2D eigenvalue weighted by Crippen LogP contribution is -2.47. The highest BCUT2D eigenvalue weighted by atomic mass is 16.6. The van der Waals surface area contributed by atoms with E-state index in [2.05, 4.69) is 9.88 Å². The summed E-state index contributed by atoms with van der Waals surface area (Å²) < 4.78 is 17.8. The molecule has 0 saturated carbocycles. The molecule has 2 atom stereocenters. The van der Waals surface area contributed by atoms with Crippen molar-refractivity contribution in [3.05, 3.63) is 54.2 Å². The summed E-state index contributed by atoms with van der Waals surface area (Å²) in [5, 5.41) is 0. The van der Waals surface area contributed by atoms with Crippen molar-refractivity contribution in [2.45, 2.75) is 44.1 Å². The Bertz CT molecular complexity index is 631. The molecule has 0 radical (unpaired) electrons. The van der Waals surface area contributed by atoms with E-state index in [1.54, 1.807) is 18.7 Å². The highest BCUT2D eigenvalue weighted by Gasteiger charge is 2.43. The van der Waals surface area contributed by atoms with Crippen LogP contribution in [0.2, 0.25) is 0 Å². The minimum Gasteiger partial charge on any atom is -0.468 e. The molecule has 0 bridgehead atoms. The summed E-state index contributed by atoms with van der Waals surface area (Å²) >= 11 is 0. The fourth-order valence-electron chi connectivity index (χ4n) is 3.84. The molecule has 5 nitrogen and oxygen atoms in total. The summed E-state index contributed by atoms with van der Waals surface area (Å²) in [6, 6.07) is 7.98. The van der Waals surface area contributed by atoms with E-state index in [1.165, 1.54) is 0 Å². The van der Waals surface area contributed by atoms with Gasteiger partial charge in [0.25, 0.3) is 0 Å². The van der Waals surface area contributed by atoms with E-state index < -0.39 is 0 Å². The summed E-state index contributed by atoms with van der Waals surface area (Å²) in [7, 11) is 0. The molecule has 128 valence electrons. The van der Waals surface area contributed by atoms with Gasteiger partial charge in [-0.2, -0.15) is 0 Å². The summed E-state index contributed by atoms with van der Waals surface area (Å²) in [6.45, 7) is 4.25. The first kappa shape index (κ1) is 15.8. The molecule has 0 aliphatic carbocycles. The van der Waals surface area contributed by atoms with Gasteiger partial charge in [-0.15, -0.1) is 0 Å². The van der Waals surface area contributed by atoms with Crippen molar-refractivity contribution in [2.75, 3.05) is 19.7 Å². The maximum absolute atomic E-state index is 6.22. The standard InChI is InChI=1S/C19H24N2O3/c1-3-17(22-10-1)12-21-9-2-6-19(15-21)11-18(14-24-19)23-13-16-4-7-20-8-5-16/h1,3-5,7-8,10,18H,2,6,9,11-15H2/t18-,19-/m0/s1. The zero-order valence-electron chi connectivity index (χ0n) is 13.9. The van der Waals surface area contributed by atoms with Gasteiger partial charge < -0.3 is 13.9 Å². The number of likely N-dealkylation sites (tertiary alicyclic amines) is 1. The third-order valence-electron chi connectivity index (χ3n) is 4.99. The Morgan fingerprint density at radius 2 is 2.21 bits per heavy atom. The van der Waals surface area contributed by atoms with Crippen LogP contribution in [0.15, 0.2) is 47.3 Å². The van der Waals surface area contributed by atoms with Crippen LogP contribution in [0.1, 0.15) is 30.6 Å². The van der Waals surface area contributed by atoms with Crippen LogP contribution in [0.5, 0.6) is 0 Å². The number of rotatable bonds is 5. The third-order valence-corrected chi connectivity index (χ3v) is 4.99. The van der Waals surface area contributed by atoms with Crippen molar-refractivity contribution in [1.82, 2.24) is 9.88 Å². The van der Waals surface area contributed by atoms with Crippen LogP contribution in [0.3, 0.4) is 0 Å². The first-order chi connectivity index (χ1) is 11.8. The van der Waals surface area contributed by atoms with Crippen molar-refractivity contribution in [3.63, 3.8) is 0 Å². The van der Waals surface area contributed by atoms with Crippen molar-refractivity contribution in [1.29, 1.82) is 0 Å². The molecule has 2 aliphatic rings. The van der Waals surface area contributed by atoms with Gasteiger partial charge in [0.1, 0.15) is 5.76 Å². The molecule has 2 fully saturated rings. The molecule has 0 amide bonds. The summed E-state index contributed by atoms with van der Waals surface area (Å²) in [5.74, 6) is 1.02. The van der Waals surface area contributed by atoms with Gasteiger partial charge in [0.15, 0.2) is 0 Å². The van der Waals surface area contributed by atoms with Crippen molar-refractivity contribution in [2.24, 2.45) is 0 Å². The molecule has 5 heteroatoms. The Hall–Kier alpha value is -1.69. The lowest BCUT2D eigenvalue weighted by atomic mass is 9.89. The van der Waals surface area contributed by atoms with Crippen LogP contribution in [0.4, 0.5) is 0 Å². The second-order valence-electron chi connectivity index (χ2n) is 6.88. The van der Waals surface area contributed by atoms with Gasteiger partial charge in [0, 0.05) is 25.4 Å². The van der Waals surface area contributed by atoms with E-state index in [4.69, 9.17) is 13.9 Å². The fourth-order valence-corrected chi connectivity index (χ4v) is 3.84. The smallest absolute Gasteiger partial charge is 0.117 e. The fraction of sp³-hybridized carbons (Fsp3) is 0.526. The van der Waals surface area contributed by atoms with Crippen LogP contribution >= 0.6 is 0 Å². The quantitative estimate of drug-likeness (QED) is 0.844. The Kier molecular flexibility index (Phi) is 4.65. The van der Waals surface area contributed by atoms with Gasteiger partial charge in [-0.3, -0.25) is 9.88 Å². The molecule has 1 spiro atoms. The molecule has 0 N–H and O–H groups in total. The molecule has 24 heavy (non-hydrogen) atoms. The number of pyridine rings is 1. The zero-order valence-corrected chi connectivity index (χ0v) is 13.9. The summed E-state index contributed by atoms with van der Waals surface area (Å²) in [4.78, 5) is 6.48. The van der Waals surface area contributed by atoms with Gasteiger partial charge in [0.05, 0.1) is 37.7 Å². The van der Waals surface area contributed by atoms with E-state index >= 15 is 0 Å². The Morgan fingerprint density at radius 1 is 1.29 bits per heavy atom. The Morgan fingerprint density at radius 3 is 3.04 bits per heavy atom. The minimum absolute atomic E-state index is 0.0479. The molecule has 2 aromatic heterocycles. The predicted octanol–water partition coefficient (Wildman–Crippen LogP) is 3.01. The number of furan rings is 1. The van der Waals surface area contributed by atoms with Crippen molar-refractivity contribution < 1.29 is 13.9 Å². The van der Waals surface area contributed by atoms with Crippen LogP contribution in [-0.2, 0) is 22.6 Å². The topological polar surface area (TPSA) is 47.7 Å². The lowest BCUT2D eigenvalue weighted by molar-refractivity contribution is -0.0559. The largest absolute Gasteiger partial charge is 0.468 e. The minimum atomic E-state index is -0.0479. The highest BCUT2D eigenvalue weighted by Crippen LogP contribution is 2.36. The number of piperidine rings is 1. The normalized spacial score (nSPS) is 27.8. The van der Waals surface area contributed by atoms with Crippen molar-refractivity contribution >= 4 is 0 Å². The van der Waals surface area contributed by atoms with Gasteiger partial charge in [-0.1, -0.05) is 0 Å². The van der Waals surface area contributed by atoms with E-state index in [0.717, 1.165) is 50.2 Å². The Labute approximate surface area is 142 Å². The maximum Gasteiger partial charge on any atom is 0.117 e. The molecule has 4 heterocycles. The Balaban J connectivity index is 1.31. The molecular formula is C19H24N2O3. The maximum atomic E-state index is 6.22. The van der Waals surface area contributed by atoms with E-state index in [0.29, 0.717) is 13.2 Å². The average Bonchev–Trinajstić information content (AvgIpc) is 3.25. The van der Waals surface area contributed by atoms with Crippen LogP contribution in [0.25, 0.3) is 0 Å². The molecule has 0 unspecified atom stereocenters. The third kappa shape index (κ3) is 3.69. The second kappa shape index (κ2) is 7.05. The van der Waals surface area contributed by atoms with Crippen LogP contribution < -0.4 is 0 Å². The van der Waals surface area contributed by atoms with Gasteiger partial charge in [0.2, 0.25) is 0 Å². The molecule has 2 aromatic rings. The van der Waals surface area contributed by atoms with Crippen LogP contribution in [-0.4, -0.2) is 41.3 Å². The van der Waals surface area contributed by atoms with E-state index in [-0.39, 0.29) is 11.7 Å². The molecular weight excluding hydrogens is 304 g/mol. The number of nitrogens with zero attached hydrogens (tertiary/aromatic N) is 2. The van der Waals surface area contributed by atoms with Gasteiger partial charge in [-0.25, -0.2) is 0 Å². The highest BCUT2D eigenvalue weighted by molar-refractivity contribution is 5.08. The van der Waals surface area contributed by atoms with Crippen molar-refractivity contribution in [3.8, 4) is 0 Å². The molecule has 2 aliphatic heterocycles. The number of ether oxygens (including phenoxy) is 2.